The molecular weight excluding hydrogens is 240 g/mol. The summed E-state index contributed by atoms with van der Waals surface area (Å²) in [5.74, 6) is 0.620. The average molecular weight is 259 g/mol. The van der Waals surface area contributed by atoms with Crippen LogP contribution in [0.15, 0.2) is 0 Å². The molecule has 0 aliphatic carbocycles. The molecule has 0 fully saturated rings. The summed E-state index contributed by atoms with van der Waals surface area (Å²) in [4.78, 5) is 8.04. The molecule has 0 aromatic carbocycles. The smallest absolute Gasteiger partial charge is 0.224 e. The summed E-state index contributed by atoms with van der Waals surface area (Å²) in [6, 6.07) is 0. The van der Waals surface area contributed by atoms with Gasteiger partial charge < -0.3 is 15.8 Å². The molecule has 0 aliphatic heterocycles. The van der Waals surface area contributed by atoms with E-state index in [-0.39, 0.29) is 5.28 Å². The predicted molar refractivity (Wildman–Crippen MR) is 70.4 cm³/mol. The van der Waals surface area contributed by atoms with Gasteiger partial charge in [-0.3, -0.25) is 0 Å². The van der Waals surface area contributed by atoms with Crippen LogP contribution in [0.5, 0.6) is 0 Å². The van der Waals surface area contributed by atoms with Gasteiger partial charge in [0.25, 0.3) is 0 Å². The second-order valence-electron chi connectivity index (χ2n) is 3.82. The van der Waals surface area contributed by atoms with E-state index in [4.69, 9.17) is 22.1 Å². The van der Waals surface area contributed by atoms with E-state index in [9.17, 15) is 0 Å². The Morgan fingerprint density at radius 2 is 2.06 bits per heavy atom. The molecule has 1 aromatic heterocycles. The number of hydrogen-bond donors (Lipinski definition) is 2. The lowest BCUT2D eigenvalue weighted by atomic mass is 10.2. The van der Waals surface area contributed by atoms with Crippen molar-refractivity contribution in [1.82, 2.24) is 9.97 Å². The molecule has 0 amide bonds. The van der Waals surface area contributed by atoms with Crippen molar-refractivity contribution in [3.63, 3.8) is 0 Å². The third kappa shape index (κ3) is 4.75. The molecule has 0 saturated heterocycles. The Hall–Kier alpha value is -1.07. The van der Waals surface area contributed by atoms with Crippen LogP contribution >= 0.6 is 11.6 Å². The number of methoxy groups -OCH3 is 1. The van der Waals surface area contributed by atoms with Crippen LogP contribution in [0.1, 0.15) is 25.0 Å². The molecule has 1 aromatic rings. The quantitative estimate of drug-likeness (QED) is 0.580. The Bertz CT molecular complexity index is 360. The molecule has 3 N–H and O–H groups in total. The highest BCUT2D eigenvalue weighted by Crippen LogP contribution is 2.20. The molecule has 6 heteroatoms. The molecular formula is C11H19ClN4O. The normalized spacial score (nSPS) is 10.5. The molecule has 0 spiro atoms. The second-order valence-corrected chi connectivity index (χ2v) is 4.16. The van der Waals surface area contributed by atoms with Crippen LogP contribution in [0.25, 0.3) is 0 Å². The van der Waals surface area contributed by atoms with Crippen LogP contribution in [0, 0.1) is 6.92 Å². The predicted octanol–water partition coefficient (Wildman–Crippen LogP) is 2.25. The van der Waals surface area contributed by atoms with Crippen molar-refractivity contribution in [2.24, 2.45) is 0 Å². The molecule has 0 bridgehead atoms. The molecule has 0 atom stereocenters. The SMILES string of the molecule is COCCCCCNc1nc(Cl)nc(C)c1N. The van der Waals surface area contributed by atoms with Gasteiger partial charge in [0.05, 0.1) is 11.4 Å². The molecule has 0 aliphatic rings. The summed E-state index contributed by atoms with van der Waals surface area (Å²) in [6.45, 7) is 3.44. The van der Waals surface area contributed by atoms with Crippen LogP contribution in [-0.4, -0.2) is 30.2 Å². The molecule has 1 heterocycles. The lowest BCUT2D eigenvalue weighted by Gasteiger charge is -2.09. The van der Waals surface area contributed by atoms with Crippen LogP contribution < -0.4 is 11.1 Å². The summed E-state index contributed by atoms with van der Waals surface area (Å²) in [5.41, 5.74) is 7.11. The van der Waals surface area contributed by atoms with Gasteiger partial charge in [-0.1, -0.05) is 0 Å². The molecule has 1 rings (SSSR count). The van der Waals surface area contributed by atoms with Crippen molar-refractivity contribution in [2.75, 3.05) is 31.3 Å². The third-order valence-electron chi connectivity index (χ3n) is 2.43. The number of ether oxygens (including phenoxy) is 1. The number of hydrogen-bond acceptors (Lipinski definition) is 5. The van der Waals surface area contributed by atoms with Crippen molar-refractivity contribution in [3.05, 3.63) is 11.0 Å². The number of nitrogens with two attached hydrogens (primary N) is 1. The van der Waals surface area contributed by atoms with E-state index in [1.807, 2.05) is 6.92 Å². The van der Waals surface area contributed by atoms with Crippen molar-refractivity contribution in [2.45, 2.75) is 26.2 Å². The van der Waals surface area contributed by atoms with Crippen LogP contribution in [0.3, 0.4) is 0 Å². The highest BCUT2D eigenvalue weighted by molar-refractivity contribution is 6.28. The van der Waals surface area contributed by atoms with E-state index in [0.29, 0.717) is 17.2 Å². The molecule has 0 unspecified atom stereocenters. The lowest BCUT2D eigenvalue weighted by Crippen LogP contribution is -2.09. The van der Waals surface area contributed by atoms with Crippen LogP contribution in [0.2, 0.25) is 5.28 Å². The minimum Gasteiger partial charge on any atom is -0.394 e. The molecule has 17 heavy (non-hydrogen) atoms. The van der Waals surface area contributed by atoms with Gasteiger partial charge in [-0.05, 0) is 37.8 Å². The first-order valence-electron chi connectivity index (χ1n) is 5.67. The fourth-order valence-corrected chi connectivity index (χ4v) is 1.65. The Balaban J connectivity index is 2.36. The van der Waals surface area contributed by atoms with E-state index >= 15 is 0 Å². The van der Waals surface area contributed by atoms with Crippen molar-refractivity contribution in [1.29, 1.82) is 0 Å². The van der Waals surface area contributed by atoms with Crippen molar-refractivity contribution < 1.29 is 4.74 Å². The first-order valence-corrected chi connectivity index (χ1v) is 6.05. The number of aryl methyl sites for hydroxylation is 1. The fraction of sp³-hybridized carbons (Fsp3) is 0.636. The number of nitrogens with one attached hydrogen (secondary N) is 1. The minimum atomic E-state index is 0.221. The monoisotopic (exact) mass is 258 g/mol. The number of anilines is 2. The fourth-order valence-electron chi connectivity index (χ4n) is 1.44. The summed E-state index contributed by atoms with van der Waals surface area (Å²) in [5, 5.41) is 3.39. The van der Waals surface area contributed by atoms with Gasteiger partial charge in [-0.25, -0.2) is 4.98 Å². The first-order chi connectivity index (χ1) is 8.15. The standard InChI is InChI=1S/C11H19ClN4O/c1-8-9(13)10(16-11(12)15-8)14-6-4-3-5-7-17-2/h3-7,13H2,1-2H3,(H,14,15,16). The highest BCUT2D eigenvalue weighted by atomic mass is 35.5. The van der Waals surface area contributed by atoms with Crippen molar-refractivity contribution >= 4 is 23.1 Å². The Kier molecular flexibility index (Phi) is 6.00. The Labute approximate surface area is 107 Å². The first kappa shape index (κ1) is 14.0. The van der Waals surface area contributed by atoms with Crippen molar-refractivity contribution in [3.8, 4) is 0 Å². The number of aromatic nitrogens is 2. The molecule has 0 saturated carbocycles. The second kappa shape index (κ2) is 7.29. The van der Waals surface area contributed by atoms with Crippen LogP contribution in [-0.2, 0) is 4.74 Å². The zero-order valence-corrected chi connectivity index (χ0v) is 11.0. The molecule has 0 radical (unpaired) electrons. The van der Waals surface area contributed by atoms with Gasteiger partial charge >= 0.3 is 0 Å². The van der Waals surface area contributed by atoms with E-state index in [1.54, 1.807) is 7.11 Å². The maximum Gasteiger partial charge on any atom is 0.224 e. The number of halogens is 1. The van der Waals surface area contributed by atoms with E-state index in [2.05, 4.69) is 15.3 Å². The maximum atomic E-state index is 5.85. The summed E-state index contributed by atoms with van der Waals surface area (Å²) in [7, 11) is 1.71. The van der Waals surface area contributed by atoms with E-state index in [1.165, 1.54) is 0 Å². The Morgan fingerprint density at radius 3 is 2.76 bits per heavy atom. The average Bonchev–Trinajstić information content (AvgIpc) is 2.29. The highest BCUT2D eigenvalue weighted by Gasteiger charge is 2.06. The zero-order chi connectivity index (χ0) is 12.7. The Morgan fingerprint density at radius 1 is 1.29 bits per heavy atom. The zero-order valence-electron chi connectivity index (χ0n) is 10.3. The maximum absolute atomic E-state index is 5.85. The topological polar surface area (TPSA) is 73.1 Å². The van der Waals surface area contributed by atoms with Gasteiger partial charge in [0.15, 0.2) is 5.82 Å². The lowest BCUT2D eigenvalue weighted by molar-refractivity contribution is 0.192. The third-order valence-corrected chi connectivity index (χ3v) is 2.60. The molecule has 96 valence electrons. The van der Waals surface area contributed by atoms with Gasteiger partial charge in [0.2, 0.25) is 5.28 Å². The van der Waals surface area contributed by atoms with Gasteiger partial charge in [-0.15, -0.1) is 0 Å². The summed E-state index contributed by atoms with van der Waals surface area (Å²) >= 11 is 5.77. The van der Waals surface area contributed by atoms with Gasteiger partial charge in [0, 0.05) is 20.3 Å². The minimum absolute atomic E-state index is 0.221. The summed E-state index contributed by atoms with van der Waals surface area (Å²) < 4.78 is 4.98. The number of unbranched alkanes of at least 4 members (excludes halogenated alkanes) is 2. The summed E-state index contributed by atoms with van der Waals surface area (Å²) in [6.07, 6.45) is 3.22. The van der Waals surface area contributed by atoms with Gasteiger partial charge in [0.1, 0.15) is 0 Å². The molecule has 5 nitrogen and oxygen atoms in total. The van der Waals surface area contributed by atoms with E-state index < -0.39 is 0 Å². The van der Waals surface area contributed by atoms with Crippen LogP contribution in [0.4, 0.5) is 11.5 Å². The number of nitrogens with zero attached hydrogens (tertiary/aromatic N) is 2. The number of nitrogen functional groups attached to an aromatic ring is 1. The number of rotatable bonds is 7. The van der Waals surface area contributed by atoms with E-state index in [0.717, 1.165) is 32.4 Å². The van der Waals surface area contributed by atoms with Gasteiger partial charge in [-0.2, -0.15) is 4.98 Å². The largest absolute Gasteiger partial charge is 0.394 e.